The maximum absolute atomic E-state index is 11.7. The van der Waals surface area contributed by atoms with Crippen LogP contribution >= 0.6 is 11.8 Å². The van der Waals surface area contributed by atoms with Crippen molar-refractivity contribution in [2.24, 2.45) is 0 Å². The molecule has 0 aliphatic carbocycles. The summed E-state index contributed by atoms with van der Waals surface area (Å²) in [4.78, 5) is 11.7. The van der Waals surface area contributed by atoms with Crippen molar-refractivity contribution in [3.8, 4) is 0 Å². The van der Waals surface area contributed by atoms with Crippen LogP contribution in [0.15, 0.2) is 18.2 Å². The number of carbonyl (C=O) groups is 1. The van der Waals surface area contributed by atoms with Gasteiger partial charge in [0.15, 0.2) is 0 Å². The maximum atomic E-state index is 11.7. The van der Waals surface area contributed by atoms with Crippen LogP contribution in [0.4, 0.5) is 11.4 Å². The zero-order valence-corrected chi connectivity index (χ0v) is 11.8. The highest BCUT2D eigenvalue weighted by Crippen LogP contribution is 2.20. The highest BCUT2D eigenvalue weighted by molar-refractivity contribution is 7.98. The van der Waals surface area contributed by atoms with Gasteiger partial charge in [0.05, 0.1) is 11.4 Å². The van der Waals surface area contributed by atoms with Crippen LogP contribution in [-0.4, -0.2) is 31.0 Å². The van der Waals surface area contributed by atoms with Crippen LogP contribution < -0.4 is 16.4 Å². The van der Waals surface area contributed by atoms with Gasteiger partial charge in [0.1, 0.15) is 0 Å². The third-order valence-corrected chi connectivity index (χ3v) is 3.19. The van der Waals surface area contributed by atoms with E-state index >= 15 is 0 Å². The lowest BCUT2D eigenvalue weighted by Gasteiger charge is -2.11. The number of nitrogen functional groups attached to an aromatic ring is 1. The number of nitrogens with two attached hydrogens (primary N) is 1. The van der Waals surface area contributed by atoms with E-state index in [0.29, 0.717) is 17.8 Å². The number of thioether (sulfide) groups is 1. The van der Waals surface area contributed by atoms with Crippen molar-refractivity contribution in [1.29, 1.82) is 0 Å². The number of carbonyl (C=O) groups excluding carboxylic acids is 1. The van der Waals surface area contributed by atoms with Gasteiger partial charge in [0.2, 0.25) is 0 Å². The Morgan fingerprint density at radius 1 is 1.44 bits per heavy atom. The molecule has 18 heavy (non-hydrogen) atoms. The molecule has 4 N–H and O–H groups in total. The molecule has 0 fully saturated rings. The van der Waals surface area contributed by atoms with Gasteiger partial charge < -0.3 is 16.4 Å². The van der Waals surface area contributed by atoms with E-state index in [9.17, 15) is 4.79 Å². The van der Waals surface area contributed by atoms with Crippen molar-refractivity contribution >= 4 is 29.0 Å². The Labute approximate surface area is 113 Å². The second kappa shape index (κ2) is 7.87. The van der Waals surface area contributed by atoms with Crippen LogP contribution in [-0.2, 0) is 0 Å². The molecule has 5 heteroatoms. The third-order valence-electron chi connectivity index (χ3n) is 2.49. The van der Waals surface area contributed by atoms with Crippen molar-refractivity contribution in [3.05, 3.63) is 23.8 Å². The number of amides is 1. The second-order valence-electron chi connectivity index (χ2n) is 3.93. The van der Waals surface area contributed by atoms with Crippen molar-refractivity contribution in [3.63, 3.8) is 0 Å². The number of hydrogen-bond donors (Lipinski definition) is 3. The fourth-order valence-electron chi connectivity index (χ4n) is 1.55. The van der Waals surface area contributed by atoms with E-state index in [2.05, 4.69) is 16.9 Å². The second-order valence-corrected chi connectivity index (χ2v) is 4.92. The lowest BCUT2D eigenvalue weighted by molar-refractivity contribution is 0.0956. The topological polar surface area (TPSA) is 67.2 Å². The molecule has 0 saturated carbocycles. The Balaban J connectivity index is 2.66. The SMILES string of the molecule is CCNC(=O)c1ccc(N)c(NCCCSC)c1. The van der Waals surface area contributed by atoms with Gasteiger partial charge in [0, 0.05) is 18.7 Å². The lowest BCUT2D eigenvalue weighted by Crippen LogP contribution is -2.22. The quantitative estimate of drug-likeness (QED) is 0.523. The molecular weight excluding hydrogens is 246 g/mol. The highest BCUT2D eigenvalue weighted by atomic mass is 32.2. The molecule has 0 aromatic heterocycles. The zero-order valence-electron chi connectivity index (χ0n) is 11.0. The molecule has 0 aliphatic heterocycles. The summed E-state index contributed by atoms with van der Waals surface area (Å²) in [6.45, 7) is 3.39. The monoisotopic (exact) mass is 267 g/mol. The summed E-state index contributed by atoms with van der Waals surface area (Å²) < 4.78 is 0. The predicted molar refractivity (Wildman–Crippen MR) is 80.4 cm³/mol. The fraction of sp³-hybridized carbons (Fsp3) is 0.462. The molecule has 0 spiro atoms. The largest absolute Gasteiger partial charge is 0.397 e. The number of hydrogen-bond acceptors (Lipinski definition) is 4. The highest BCUT2D eigenvalue weighted by Gasteiger charge is 2.07. The first kappa shape index (κ1) is 14.7. The molecule has 1 amide bonds. The first-order valence-corrected chi connectivity index (χ1v) is 7.49. The summed E-state index contributed by atoms with van der Waals surface area (Å²) in [6, 6.07) is 5.31. The van der Waals surface area contributed by atoms with Gasteiger partial charge in [-0.2, -0.15) is 11.8 Å². The van der Waals surface area contributed by atoms with Crippen molar-refractivity contribution < 1.29 is 4.79 Å². The third kappa shape index (κ3) is 4.49. The molecule has 1 aromatic carbocycles. The molecule has 1 rings (SSSR count). The minimum Gasteiger partial charge on any atom is -0.397 e. The number of benzene rings is 1. The zero-order chi connectivity index (χ0) is 13.4. The van der Waals surface area contributed by atoms with Gasteiger partial charge in [-0.1, -0.05) is 0 Å². The van der Waals surface area contributed by atoms with Crippen LogP contribution in [0.2, 0.25) is 0 Å². The molecule has 0 bridgehead atoms. The van der Waals surface area contributed by atoms with Gasteiger partial charge in [0.25, 0.3) is 5.91 Å². The first-order chi connectivity index (χ1) is 8.69. The van der Waals surface area contributed by atoms with Crippen LogP contribution in [0.5, 0.6) is 0 Å². The average molecular weight is 267 g/mol. The van der Waals surface area contributed by atoms with Gasteiger partial charge in [-0.15, -0.1) is 0 Å². The molecule has 0 heterocycles. The van der Waals surface area contributed by atoms with Gasteiger partial charge >= 0.3 is 0 Å². The van der Waals surface area contributed by atoms with E-state index in [1.54, 1.807) is 18.2 Å². The molecule has 100 valence electrons. The van der Waals surface area contributed by atoms with Gasteiger partial charge in [-0.3, -0.25) is 4.79 Å². The summed E-state index contributed by atoms with van der Waals surface area (Å²) in [5.41, 5.74) is 8.02. The smallest absolute Gasteiger partial charge is 0.251 e. The lowest BCUT2D eigenvalue weighted by atomic mass is 10.1. The Kier molecular flexibility index (Phi) is 6.43. The molecular formula is C13H21N3OS. The Morgan fingerprint density at radius 3 is 2.89 bits per heavy atom. The standard InChI is InChI=1S/C13H21N3OS/c1-3-15-13(17)10-5-6-11(14)12(9-10)16-7-4-8-18-2/h5-6,9,16H,3-4,7-8,14H2,1-2H3,(H,15,17). The van der Waals surface area contributed by atoms with Crippen LogP contribution in [0.25, 0.3) is 0 Å². The molecule has 0 unspecified atom stereocenters. The molecule has 4 nitrogen and oxygen atoms in total. The number of anilines is 2. The summed E-state index contributed by atoms with van der Waals surface area (Å²) in [6.07, 6.45) is 3.16. The molecule has 1 aromatic rings. The van der Waals surface area contributed by atoms with Crippen molar-refractivity contribution in [2.75, 3.05) is 36.1 Å². The molecule has 0 atom stereocenters. The summed E-state index contributed by atoms with van der Waals surface area (Å²) >= 11 is 1.82. The van der Waals surface area contributed by atoms with E-state index < -0.39 is 0 Å². The van der Waals surface area contributed by atoms with E-state index in [-0.39, 0.29) is 5.91 Å². The van der Waals surface area contributed by atoms with E-state index in [4.69, 9.17) is 5.73 Å². The number of nitrogens with one attached hydrogen (secondary N) is 2. The van der Waals surface area contributed by atoms with E-state index in [1.165, 1.54) is 0 Å². The Morgan fingerprint density at radius 2 is 2.22 bits per heavy atom. The summed E-state index contributed by atoms with van der Waals surface area (Å²) in [5, 5.41) is 6.04. The minimum absolute atomic E-state index is 0.0651. The van der Waals surface area contributed by atoms with E-state index in [0.717, 1.165) is 24.4 Å². The normalized spacial score (nSPS) is 10.1. The Bertz CT molecular complexity index is 396. The van der Waals surface area contributed by atoms with Gasteiger partial charge in [-0.25, -0.2) is 0 Å². The Hall–Kier alpha value is -1.36. The fourth-order valence-corrected chi connectivity index (χ4v) is 1.99. The molecule has 0 radical (unpaired) electrons. The molecule has 0 saturated heterocycles. The van der Waals surface area contributed by atoms with Crippen LogP contribution in [0, 0.1) is 0 Å². The minimum atomic E-state index is -0.0651. The van der Waals surface area contributed by atoms with Crippen LogP contribution in [0.3, 0.4) is 0 Å². The predicted octanol–water partition coefficient (Wildman–Crippen LogP) is 2.18. The van der Waals surface area contributed by atoms with Gasteiger partial charge in [-0.05, 0) is 43.6 Å². The summed E-state index contributed by atoms with van der Waals surface area (Å²) in [7, 11) is 0. The maximum Gasteiger partial charge on any atom is 0.251 e. The van der Waals surface area contributed by atoms with E-state index in [1.807, 2.05) is 18.7 Å². The summed E-state index contributed by atoms with van der Waals surface area (Å²) in [5.74, 6) is 1.05. The average Bonchev–Trinajstić information content (AvgIpc) is 2.37. The van der Waals surface area contributed by atoms with Crippen LogP contribution in [0.1, 0.15) is 23.7 Å². The molecule has 0 aliphatic rings. The number of rotatable bonds is 7. The van der Waals surface area contributed by atoms with Crippen molar-refractivity contribution in [1.82, 2.24) is 5.32 Å². The first-order valence-electron chi connectivity index (χ1n) is 6.09. The van der Waals surface area contributed by atoms with Crippen molar-refractivity contribution in [2.45, 2.75) is 13.3 Å².